The van der Waals surface area contributed by atoms with Gasteiger partial charge >= 0.3 is 0 Å². The SMILES string of the molecule is CON(C)C(=O)C1(C)COc2ccccc2C1. The van der Waals surface area contributed by atoms with Crippen LogP contribution >= 0.6 is 0 Å². The lowest BCUT2D eigenvalue weighted by Crippen LogP contribution is -2.46. The molecule has 1 aromatic carbocycles. The highest BCUT2D eigenvalue weighted by Crippen LogP contribution is 2.35. The summed E-state index contributed by atoms with van der Waals surface area (Å²) in [5.41, 5.74) is 0.512. The molecule has 2 rings (SSSR count). The van der Waals surface area contributed by atoms with Crippen molar-refractivity contribution in [1.82, 2.24) is 5.06 Å². The van der Waals surface area contributed by atoms with Crippen LogP contribution in [0.15, 0.2) is 24.3 Å². The van der Waals surface area contributed by atoms with E-state index in [-0.39, 0.29) is 5.91 Å². The van der Waals surface area contributed by atoms with E-state index in [4.69, 9.17) is 9.57 Å². The number of benzene rings is 1. The fourth-order valence-corrected chi connectivity index (χ4v) is 2.10. The Labute approximate surface area is 101 Å². The third-order valence-corrected chi connectivity index (χ3v) is 3.18. The molecule has 0 spiro atoms. The van der Waals surface area contributed by atoms with E-state index < -0.39 is 5.41 Å². The van der Waals surface area contributed by atoms with Crippen molar-refractivity contribution in [2.24, 2.45) is 5.41 Å². The van der Waals surface area contributed by atoms with Crippen LogP contribution in [-0.4, -0.2) is 31.7 Å². The van der Waals surface area contributed by atoms with Gasteiger partial charge in [0.25, 0.3) is 5.91 Å². The Morgan fingerprint density at radius 1 is 1.47 bits per heavy atom. The normalized spacial score (nSPS) is 22.5. The highest BCUT2D eigenvalue weighted by atomic mass is 16.7. The van der Waals surface area contributed by atoms with Gasteiger partial charge in [-0.2, -0.15) is 0 Å². The molecule has 0 N–H and O–H groups in total. The quantitative estimate of drug-likeness (QED) is 0.732. The van der Waals surface area contributed by atoms with Gasteiger partial charge < -0.3 is 4.74 Å². The topological polar surface area (TPSA) is 38.8 Å². The lowest BCUT2D eigenvalue weighted by molar-refractivity contribution is -0.181. The average molecular weight is 235 g/mol. The molecule has 0 saturated heterocycles. The maximum absolute atomic E-state index is 12.2. The predicted octanol–water partition coefficient (Wildman–Crippen LogP) is 1.65. The second-order valence-electron chi connectivity index (χ2n) is 4.62. The molecule has 0 aromatic heterocycles. The molecular weight excluding hydrogens is 218 g/mol. The van der Waals surface area contributed by atoms with Crippen LogP contribution < -0.4 is 4.74 Å². The molecule has 0 aliphatic carbocycles. The van der Waals surface area contributed by atoms with E-state index >= 15 is 0 Å². The van der Waals surface area contributed by atoms with Crippen molar-refractivity contribution < 1.29 is 14.4 Å². The molecule has 0 radical (unpaired) electrons. The number of para-hydroxylation sites is 1. The highest BCUT2D eigenvalue weighted by Gasteiger charge is 2.40. The monoisotopic (exact) mass is 235 g/mol. The molecule has 4 nitrogen and oxygen atoms in total. The van der Waals surface area contributed by atoms with Gasteiger partial charge in [-0.15, -0.1) is 0 Å². The van der Waals surface area contributed by atoms with Gasteiger partial charge in [0, 0.05) is 7.05 Å². The largest absolute Gasteiger partial charge is 0.492 e. The van der Waals surface area contributed by atoms with E-state index in [2.05, 4.69) is 0 Å². The van der Waals surface area contributed by atoms with Crippen molar-refractivity contribution in [2.45, 2.75) is 13.3 Å². The van der Waals surface area contributed by atoms with Crippen molar-refractivity contribution in [3.63, 3.8) is 0 Å². The Morgan fingerprint density at radius 3 is 2.88 bits per heavy atom. The molecular formula is C13H17NO3. The molecule has 1 unspecified atom stereocenters. The minimum Gasteiger partial charge on any atom is -0.492 e. The van der Waals surface area contributed by atoms with Crippen LogP contribution in [0, 0.1) is 5.41 Å². The van der Waals surface area contributed by atoms with E-state index in [1.165, 1.54) is 12.2 Å². The number of carbonyl (C=O) groups excluding carboxylic acids is 1. The fraction of sp³-hybridized carbons (Fsp3) is 0.462. The van der Waals surface area contributed by atoms with Crippen LogP contribution in [0.1, 0.15) is 12.5 Å². The second-order valence-corrected chi connectivity index (χ2v) is 4.62. The zero-order valence-corrected chi connectivity index (χ0v) is 10.4. The number of amides is 1. The molecule has 92 valence electrons. The summed E-state index contributed by atoms with van der Waals surface area (Å²) in [7, 11) is 3.10. The number of carbonyl (C=O) groups is 1. The van der Waals surface area contributed by atoms with E-state index in [1.807, 2.05) is 31.2 Å². The minimum absolute atomic E-state index is 0.0606. The Balaban J connectivity index is 2.23. The van der Waals surface area contributed by atoms with Crippen LogP contribution in [0.3, 0.4) is 0 Å². The zero-order valence-electron chi connectivity index (χ0n) is 10.4. The molecule has 17 heavy (non-hydrogen) atoms. The summed E-state index contributed by atoms with van der Waals surface area (Å²) < 4.78 is 5.65. The molecule has 1 aliphatic rings. The first-order valence-electron chi connectivity index (χ1n) is 5.60. The highest BCUT2D eigenvalue weighted by molar-refractivity contribution is 5.82. The lowest BCUT2D eigenvalue weighted by Gasteiger charge is -2.35. The molecule has 0 bridgehead atoms. The molecule has 1 aromatic rings. The maximum Gasteiger partial charge on any atom is 0.255 e. The van der Waals surface area contributed by atoms with E-state index in [0.29, 0.717) is 13.0 Å². The van der Waals surface area contributed by atoms with E-state index in [1.54, 1.807) is 7.05 Å². The molecule has 0 saturated carbocycles. The lowest BCUT2D eigenvalue weighted by atomic mass is 9.81. The first kappa shape index (κ1) is 11.9. The average Bonchev–Trinajstić information content (AvgIpc) is 2.36. The van der Waals surface area contributed by atoms with Crippen molar-refractivity contribution in [3.8, 4) is 5.75 Å². The number of hydrogen-bond acceptors (Lipinski definition) is 3. The van der Waals surface area contributed by atoms with Crippen LogP contribution in [0.25, 0.3) is 0 Å². The number of hydrogen-bond donors (Lipinski definition) is 0. The minimum atomic E-state index is -0.556. The summed E-state index contributed by atoms with van der Waals surface area (Å²) in [6.07, 6.45) is 0.676. The van der Waals surface area contributed by atoms with Crippen LogP contribution in [0.5, 0.6) is 5.75 Å². The molecule has 4 heteroatoms. The summed E-state index contributed by atoms with van der Waals surface area (Å²) >= 11 is 0. The van der Waals surface area contributed by atoms with Gasteiger partial charge in [-0.3, -0.25) is 9.63 Å². The molecule has 0 fully saturated rings. The van der Waals surface area contributed by atoms with Crippen LogP contribution in [0.2, 0.25) is 0 Å². The summed E-state index contributed by atoms with van der Waals surface area (Å²) in [5, 5.41) is 1.26. The molecule has 1 amide bonds. The standard InChI is InChI=1S/C13H17NO3/c1-13(12(15)14(2)16-3)8-10-6-4-5-7-11(10)17-9-13/h4-7H,8-9H2,1-3H3. The Morgan fingerprint density at radius 2 is 2.18 bits per heavy atom. The summed E-state index contributed by atoms with van der Waals surface area (Å²) in [6.45, 7) is 2.29. The number of hydroxylamine groups is 2. The van der Waals surface area contributed by atoms with Crippen molar-refractivity contribution >= 4 is 5.91 Å². The fourth-order valence-electron chi connectivity index (χ4n) is 2.10. The smallest absolute Gasteiger partial charge is 0.255 e. The second kappa shape index (κ2) is 4.37. The Kier molecular flexibility index (Phi) is 3.07. The summed E-state index contributed by atoms with van der Waals surface area (Å²) in [4.78, 5) is 17.1. The van der Waals surface area contributed by atoms with Crippen molar-refractivity contribution in [1.29, 1.82) is 0 Å². The zero-order chi connectivity index (χ0) is 12.5. The van der Waals surface area contributed by atoms with Gasteiger partial charge in [0.2, 0.25) is 0 Å². The van der Waals surface area contributed by atoms with Crippen LogP contribution in [-0.2, 0) is 16.1 Å². The first-order chi connectivity index (χ1) is 8.07. The van der Waals surface area contributed by atoms with Gasteiger partial charge in [0.1, 0.15) is 12.4 Å². The van der Waals surface area contributed by atoms with Crippen molar-refractivity contribution in [3.05, 3.63) is 29.8 Å². The first-order valence-corrected chi connectivity index (χ1v) is 5.60. The number of fused-ring (bicyclic) bond motifs is 1. The number of nitrogens with zero attached hydrogens (tertiary/aromatic N) is 1. The third kappa shape index (κ3) is 2.13. The molecule has 1 heterocycles. The summed E-state index contributed by atoms with van der Waals surface area (Å²) in [6, 6.07) is 7.81. The number of rotatable bonds is 2. The Hall–Kier alpha value is -1.55. The van der Waals surface area contributed by atoms with Gasteiger partial charge in [-0.25, -0.2) is 5.06 Å². The van der Waals surface area contributed by atoms with Gasteiger partial charge in [0.05, 0.1) is 12.5 Å². The van der Waals surface area contributed by atoms with Gasteiger partial charge in [-0.1, -0.05) is 18.2 Å². The predicted molar refractivity (Wildman–Crippen MR) is 63.5 cm³/mol. The van der Waals surface area contributed by atoms with Gasteiger partial charge in [0.15, 0.2) is 0 Å². The van der Waals surface area contributed by atoms with Crippen molar-refractivity contribution in [2.75, 3.05) is 20.8 Å². The van der Waals surface area contributed by atoms with Gasteiger partial charge in [-0.05, 0) is 25.0 Å². The summed E-state index contributed by atoms with van der Waals surface area (Å²) in [5.74, 6) is 0.812. The third-order valence-electron chi connectivity index (χ3n) is 3.18. The van der Waals surface area contributed by atoms with Crippen LogP contribution in [0.4, 0.5) is 0 Å². The molecule has 1 aliphatic heterocycles. The van der Waals surface area contributed by atoms with E-state index in [9.17, 15) is 4.79 Å². The Bertz CT molecular complexity index is 432. The molecule has 1 atom stereocenters. The number of ether oxygens (including phenoxy) is 1. The van der Waals surface area contributed by atoms with E-state index in [0.717, 1.165) is 11.3 Å². The maximum atomic E-state index is 12.2.